The second-order valence-corrected chi connectivity index (χ2v) is 8.66. The van der Waals surface area contributed by atoms with Gasteiger partial charge in [0.15, 0.2) is 5.13 Å². The summed E-state index contributed by atoms with van der Waals surface area (Å²) < 4.78 is 1.05. The number of amides is 4. The maximum atomic E-state index is 12.4. The van der Waals surface area contributed by atoms with Gasteiger partial charge >= 0.3 is 12.1 Å². The van der Waals surface area contributed by atoms with Gasteiger partial charge < -0.3 is 15.5 Å². The van der Waals surface area contributed by atoms with Gasteiger partial charge in [0.1, 0.15) is 0 Å². The molecule has 1 aliphatic carbocycles. The molecule has 2 heterocycles. The van der Waals surface area contributed by atoms with E-state index in [-0.39, 0.29) is 18.1 Å². The van der Waals surface area contributed by atoms with Gasteiger partial charge in [-0.05, 0) is 37.8 Å². The SMILES string of the molecule is O=C(Nc1nc2ccccc2s1)NC1CCN(C(=O)NC2CCCCC2)CC1. The summed E-state index contributed by atoms with van der Waals surface area (Å²) in [6.45, 7) is 1.34. The molecule has 1 aromatic heterocycles. The van der Waals surface area contributed by atoms with E-state index in [1.54, 1.807) is 0 Å². The van der Waals surface area contributed by atoms with Crippen molar-refractivity contribution in [3.05, 3.63) is 24.3 Å². The highest BCUT2D eigenvalue weighted by Gasteiger charge is 2.26. The fourth-order valence-corrected chi connectivity index (χ4v) is 4.84. The van der Waals surface area contributed by atoms with E-state index in [1.165, 1.54) is 30.6 Å². The normalized spacial score (nSPS) is 18.8. The fraction of sp³-hybridized carbons (Fsp3) is 0.550. The van der Waals surface area contributed by atoms with Gasteiger partial charge in [-0.3, -0.25) is 5.32 Å². The van der Waals surface area contributed by atoms with E-state index in [0.29, 0.717) is 24.3 Å². The Bertz CT molecular complexity index is 792. The Labute approximate surface area is 168 Å². The first-order chi connectivity index (χ1) is 13.7. The van der Waals surface area contributed by atoms with Crippen LogP contribution in [-0.4, -0.2) is 47.1 Å². The topological polar surface area (TPSA) is 86.4 Å². The summed E-state index contributed by atoms with van der Waals surface area (Å²) in [5.74, 6) is 0. The zero-order valence-electron chi connectivity index (χ0n) is 15.9. The number of carbonyl (C=O) groups excluding carboxylic acids is 2. The largest absolute Gasteiger partial charge is 0.335 e. The molecule has 4 amide bonds. The molecule has 7 nitrogen and oxygen atoms in total. The Morgan fingerprint density at radius 3 is 2.43 bits per heavy atom. The molecule has 1 saturated heterocycles. The van der Waals surface area contributed by atoms with Crippen LogP contribution in [0, 0.1) is 0 Å². The van der Waals surface area contributed by atoms with Gasteiger partial charge in [-0.2, -0.15) is 0 Å². The van der Waals surface area contributed by atoms with Crippen LogP contribution in [0.4, 0.5) is 14.7 Å². The first kappa shape index (κ1) is 19.0. The standard InChI is InChI=1S/C20H27N5O2S/c26-18(24-19-23-16-8-4-5-9-17(16)28-19)21-15-10-12-25(13-11-15)20(27)22-14-6-2-1-3-7-14/h4-5,8-9,14-15H,1-3,6-7,10-13H2,(H,22,27)(H2,21,23,24,26). The van der Waals surface area contributed by atoms with Gasteiger partial charge in [0, 0.05) is 25.2 Å². The maximum absolute atomic E-state index is 12.4. The highest BCUT2D eigenvalue weighted by atomic mass is 32.1. The summed E-state index contributed by atoms with van der Waals surface area (Å²) in [6, 6.07) is 8.04. The average molecular weight is 402 g/mol. The molecule has 0 spiro atoms. The molecule has 150 valence electrons. The van der Waals surface area contributed by atoms with Crippen molar-refractivity contribution in [3.8, 4) is 0 Å². The average Bonchev–Trinajstić information content (AvgIpc) is 3.11. The number of anilines is 1. The Morgan fingerprint density at radius 1 is 0.964 bits per heavy atom. The number of likely N-dealkylation sites (tertiary alicyclic amines) is 1. The number of aromatic nitrogens is 1. The summed E-state index contributed by atoms with van der Waals surface area (Å²) in [5.41, 5.74) is 0.889. The number of rotatable bonds is 3. The van der Waals surface area contributed by atoms with Crippen molar-refractivity contribution < 1.29 is 9.59 Å². The quantitative estimate of drug-likeness (QED) is 0.728. The second kappa shape index (κ2) is 8.77. The predicted octanol–water partition coefficient (Wildman–Crippen LogP) is 3.92. The lowest BCUT2D eigenvalue weighted by Gasteiger charge is -2.34. The minimum absolute atomic E-state index is 0.0456. The molecule has 0 radical (unpaired) electrons. The smallest absolute Gasteiger partial charge is 0.321 e. The molecule has 0 atom stereocenters. The number of urea groups is 2. The lowest BCUT2D eigenvalue weighted by atomic mass is 9.95. The number of carbonyl (C=O) groups is 2. The van der Waals surface area contributed by atoms with Crippen molar-refractivity contribution in [1.29, 1.82) is 0 Å². The number of benzene rings is 1. The van der Waals surface area contributed by atoms with Crippen LogP contribution < -0.4 is 16.0 Å². The van der Waals surface area contributed by atoms with Gasteiger partial charge in [-0.1, -0.05) is 42.7 Å². The molecule has 2 fully saturated rings. The van der Waals surface area contributed by atoms with Crippen LogP contribution in [-0.2, 0) is 0 Å². The summed E-state index contributed by atoms with van der Waals surface area (Å²) >= 11 is 1.46. The number of hydrogen-bond acceptors (Lipinski definition) is 4. The fourth-order valence-electron chi connectivity index (χ4n) is 3.98. The first-order valence-electron chi connectivity index (χ1n) is 10.2. The highest BCUT2D eigenvalue weighted by Crippen LogP contribution is 2.25. The van der Waals surface area contributed by atoms with Crippen LogP contribution in [0.2, 0.25) is 0 Å². The van der Waals surface area contributed by atoms with E-state index in [9.17, 15) is 9.59 Å². The molecular weight excluding hydrogens is 374 g/mol. The van der Waals surface area contributed by atoms with Crippen molar-refractivity contribution in [2.75, 3.05) is 18.4 Å². The Kier molecular flexibility index (Phi) is 5.95. The molecule has 2 aromatic rings. The Morgan fingerprint density at radius 2 is 1.68 bits per heavy atom. The van der Waals surface area contributed by atoms with Crippen LogP contribution in [0.5, 0.6) is 0 Å². The van der Waals surface area contributed by atoms with Crippen molar-refractivity contribution in [1.82, 2.24) is 20.5 Å². The molecule has 1 aliphatic heterocycles. The molecule has 4 rings (SSSR count). The molecule has 1 aromatic carbocycles. The molecule has 28 heavy (non-hydrogen) atoms. The number of fused-ring (bicyclic) bond motifs is 1. The predicted molar refractivity (Wildman–Crippen MR) is 112 cm³/mol. The van der Waals surface area contributed by atoms with Gasteiger partial charge in [0.25, 0.3) is 0 Å². The summed E-state index contributed by atoms with van der Waals surface area (Å²) in [7, 11) is 0. The van der Waals surface area contributed by atoms with Crippen molar-refractivity contribution in [2.24, 2.45) is 0 Å². The van der Waals surface area contributed by atoms with E-state index in [0.717, 1.165) is 35.9 Å². The van der Waals surface area contributed by atoms with Crippen molar-refractivity contribution in [3.63, 3.8) is 0 Å². The van der Waals surface area contributed by atoms with Crippen LogP contribution in [0.25, 0.3) is 10.2 Å². The van der Waals surface area contributed by atoms with Crippen molar-refractivity contribution >= 4 is 38.7 Å². The minimum atomic E-state index is -0.232. The van der Waals surface area contributed by atoms with E-state index < -0.39 is 0 Å². The van der Waals surface area contributed by atoms with Gasteiger partial charge in [-0.15, -0.1) is 0 Å². The highest BCUT2D eigenvalue weighted by molar-refractivity contribution is 7.22. The van der Waals surface area contributed by atoms with Crippen LogP contribution in [0.1, 0.15) is 44.9 Å². The van der Waals surface area contributed by atoms with E-state index >= 15 is 0 Å². The molecule has 3 N–H and O–H groups in total. The molecule has 1 saturated carbocycles. The lowest BCUT2D eigenvalue weighted by molar-refractivity contribution is 0.170. The number of nitrogens with zero attached hydrogens (tertiary/aromatic N) is 2. The summed E-state index contributed by atoms with van der Waals surface area (Å²) in [4.78, 5) is 31.0. The second-order valence-electron chi connectivity index (χ2n) is 7.63. The van der Waals surface area contributed by atoms with Gasteiger partial charge in [0.05, 0.1) is 10.2 Å². The Hall–Kier alpha value is -2.35. The minimum Gasteiger partial charge on any atom is -0.335 e. The van der Waals surface area contributed by atoms with E-state index in [1.807, 2.05) is 29.2 Å². The third-order valence-corrected chi connectivity index (χ3v) is 6.52. The van der Waals surface area contributed by atoms with Gasteiger partial charge in [0.2, 0.25) is 0 Å². The molecule has 2 aliphatic rings. The summed E-state index contributed by atoms with van der Waals surface area (Å²) in [6.07, 6.45) is 7.42. The zero-order chi connectivity index (χ0) is 19.3. The summed E-state index contributed by atoms with van der Waals surface area (Å²) in [5, 5.41) is 9.61. The number of nitrogens with one attached hydrogen (secondary N) is 3. The molecule has 0 unspecified atom stereocenters. The third kappa shape index (κ3) is 4.73. The maximum Gasteiger partial charge on any atom is 0.321 e. The van der Waals surface area contributed by atoms with Gasteiger partial charge in [-0.25, -0.2) is 14.6 Å². The number of piperidine rings is 1. The third-order valence-electron chi connectivity index (χ3n) is 5.56. The van der Waals surface area contributed by atoms with Crippen molar-refractivity contribution in [2.45, 2.75) is 57.0 Å². The first-order valence-corrected chi connectivity index (χ1v) is 11.0. The zero-order valence-corrected chi connectivity index (χ0v) is 16.8. The van der Waals surface area contributed by atoms with Crippen LogP contribution >= 0.6 is 11.3 Å². The number of para-hydroxylation sites is 1. The number of thiazole rings is 1. The molecule has 0 bridgehead atoms. The molecule has 8 heteroatoms. The monoisotopic (exact) mass is 401 g/mol. The molecular formula is C20H27N5O2S. The number of hydrogen-bond donors (Lipinski definition) is 3. The Balaban J connectivity index is 1.21. The lowest BCUT2D eigenvalue weighted by Crippen LogP contribution is -2.52. The van der Waals surface area contributed by atoms with Crippen LogP contribution in [0.15, 0.2) is 24.3 Å². The van der Waals surface area contributed by atoms with E-state index in [2.05, 4.69) is 20.9 Å². The van der Waals surface area contributed by atoms with E-state index in [4.69, 9.17) is 0 Å². The van der Waals surface area contributed by atoms with Crippen LogP contribution in [0.3, 0.4) is 0 Å².